The summed E-state index contributed by atoms with van der Waals surface area (Å²) in [6.45, 7) is 4.28. The summed E-state index contributed by atoms with van der Waals surface area (Å²) in [5.41, 5.74) is 1.72. The number of fused-ring (bicyclic) bond motifs is 3. The number of ether oxygens (including phenoxy) is 1. The lowest BCUT2D eigenvalue weighted by atomic mass is 10.1. The molecule has 3 aliphatic heterocycles. The zero-order valence-electron chi connectivity index (χ0n) is 19.1. The molecule has 10 heteroatoms. The van der Waals surface area contributed by atoms with Crippen molar-refractivity contribution in [2.45, 2.75) is 38.4 Å². The number of urea groups is 1. The molecule has 0 spiro atoms. The fraction of sp³-hybridized carbons (Fsp3) is 0.417. The predicted octanol–water partition coefficient (Wildman–Crippen LogP) is 3.58. The van der Waals surface area contributed by atoms with Crippen molar-refractivity contribution < 1.29 is 14.3 Å². The molecule has 180 valence electrons. The number of hydrogen-bond donors (Lipinski definition) is 1. The molecule has 0 bridgehead atoms. The van der Waals surface area contributed by atoms with E-state index in [1.807, 2.05) is 31.2 Å². The Morgan fingerprint density at radius 1 is 1.09 bits per heavy atom. The van der Waals surface area contributed by atoms with Gasteiger partial charge in [-0.1, -0.05) is 29.3 Å². The Bertz CT molecular complexity index is 1100. The standard InChI is InChI=1S/C24H27Cl2N5O3/c1-3-34-18-9-7-17(8-10-18)29-11-4-12-30-20-21(27-23(29)30)28(2)24(33)31(22(20)32)14-15-5-6-16(25)13-19(15)26/h5-10,13,20-21,23,27H,3-4,11-12,14H2,1-2H3. The van der Waals surface area contributed by atoms with E-state index < -0.39 is 12.2 Å². The molecule has 3 aliphatic rings. The van der Waals surface area contributed by atoms with E-state index in [1.165, 1.54) is 4.90 Å². The largest absolute Gasteiger partial charge is 0.494 e. The van der Waals surface area contributed by atoms with Crippen LogP contribution in [-0.2, 0) is 11.3 Å². The van der Waals surface area contributed by atoms with Crippen molar-refractivity contribution in [3.63, 3.8) is 0 Å². The smallest absolute Gasteiger partial charge is 0.328 e. The molecule has 2 aromatic rings. The summed E-state index contributed by atoms with van der Waals surface area (Å²) in [4.78, 5) is 34.1. The highest BCUT2D eigenvalue weighted by Gasteiger charge is 2.56. The number of carbonyl (C=O) groups is 2. The molecule has 3 atom stereocenters. The van der Waals surface area contributed by atoms with Crippen molar-refractivity contribution in [2.75, 3.05) is 31.6 Å². The van der Waals surface area contributed by atoms with Crippen molar-refractivity contribution >= 4 is 40.8 Å². The molecule has 3 amide bonds. The molecule has 34 heavy (non-hydrogen) atoms. The van der Waals surface area contributed by atoms with Crippen LogP contribution < -0.4 is 15.0 Å². The lowest BCUT2D eigenvalue weighted by Gasteiger charge is -2.44. The third kappa shape index (κ3) is 3.98. The van der Waals surface area contributed by atoms with Crippen LogP contribution in [0.15, 0.2) is 42.5 Å². The maximum absolute atomic E-state index is 13.7. The number of carbonyl (C=O) groups excluding carboxylic acids is 2. The molecule has 1 N–H and O–H groups in total. The minimum absolute atomic E-state index is 0.0995. The van der Waals surface area contributed by atoms with E-state index in [2.05, 4.69) is 15.1 Å². The molecule has 5 rings (SSSR count). The Kier molecular flexibility index (Phi) is 6.33. The maximum atomic E-state index is 13.7. The van der Waals surface area contributed by atoms with Gasteiger partial charge in [-0.3, -0.25) is 19.9 Å². The lowest BCUT2D eigenvalue weighted by molar-refractivity contribution is -0.139. The minimum Gasteiger partial charge on any atom is -0.494 e. The van der Waals surface area contributed by atoms with E-state index in [4.69, 9.17) is 27.9 Å². The van der Waals surface area contributed by atoms with Crippen molar-refractivity contribution in [3.05, 3.63) is 58.1 Å². The van der Waals surface area contributed by atoms with Gasteiger partial charge in [0.05, 0.1) is 13.2 Å². The van der Waals surface area contributed by atoms with Gasteiger partial charge < -0.3 is 14.5 Å². The number of nitrogens with zero attached hydrogens (tertiary/aromatic N) is 4. The Hall–Kier alpha value is -2.52. The Labute approximate surface area is 208 Å². The Balaban J connectivity index is 1.40. The minimum atomic E-state index is -0.482. The van der Waals surface area contributed by atoms with Crippen LogP contribution in [0.5, 0.6) is 5.75 Å². The van der Waals surface area contributed by atoms with Crippen LogP contribution in [0.4, 0.5) is 10.5 Å². The summed E-state index contributed by atoms with van der Waals surface area (Å²) < 4.78 is 5.57. The first-order valence-electron chi connectivity index (χ1n) is 11.4. The number of likely N-dealkylation sites (N-methyl/N-ethyl adjacent to an activating group) is 1. The number of benzene rings is 2. The number of nitrogens with one attached hydrogen (secondary N) is 1. The highest BCUT2D eigenvalue weighted by Crippen LogP contribution is 2.34. The van der Waals surface area contributed by atoms with Crippen LogP contribution in [0.3, 0.4) is 0 Å². The van der Waals surface area contributed by atoms with E-state index in [0.717, 1.165) is 30.9 Å². The molecular weight excluding hydrogens is 477 g/mol. The third-order valence-electron chi connectivity index (χ3n) is 6.69. The van der Waals surface area contributed by atoms with E-state index in [-0.39, 0.29) is 24.8 Å². The van der Waals surface area contributed by atoms with E-state index >= 15 is 0 Å². The number of hydrogen-bond acceptors (Lipinski definition) is 6. The molecule has 3 fully saturated rings. The number of imide groups is 1. The van der Waals surface area contributed by atoms with Crippen molar-refractivity contribution in [3.8, 4) is 5.75 Å². The highest BCUT2D eigenvalue weighted by atomic mass is 35.5. The van der Waals surface area contributed by atoms with Crippen LogP contribution in [0.2, 0.25) is 10.0 Å². The van der Waals surface area contributed by atoms with Gasteiger partial charge >= 0.3 is 6.03 Å². The van der Waals surface area contributed by atoms with Gasteiger partial charge in [-0.15, -0.1) is 0 Å². The SMILES string of the molecule is CCOc1ccc(N2CCCN3C4C(=O)N(Cc5ccc(Cl)cc5Cl)C(=O)N(C)C4NC23)cc1. The summed E-state index contributed by atoms with van der Waals surface area (Å²) in [6, 6.07) is 12.2. The highest BCUT2D eigenvalue weighted by molar-refractivity contribution is 6.35. The normalized spacial score (nSPS) is 24.9. The predicted molar refractivity (Wildman–Crippen MR) is 131 cm³/mol. The molecule has 0 aromatic heterocycles. The van der Waals surface area contributed by atoms with E-state index in [9.17, 15) is 9.59 Å². The average molecular weight is 504 g/mol. The fourth-order valence-corrected chi connectivity index (χ4v) is 5.52. The first kappa shape index (κ1) is 23.2. The molecule has 0 aliphatic carbocycles. The van der Waals surface area contributed by atoms with Crippen molar-refractivity contribution in [1.82, 2.24) is 20.0 Å². The lowest BCUT2D eigenvalue weighted by Crippen LogP contribution is -2.66. The summed E-state index contributed by atoms with van der Waals surface area (Å²) in [5.74, 6) is 0.604. The molecule has 0 radical (unpaired) electrons. The number of halogens is 2. The van der Waals surface area contributed by atoms with Crippen LogP contribution in [0, 0.1) is 0 Å². The molecule has 3 heterocycles. The monoisotopic (exact) mass is 503 g/mol. The summed E-state index contributed by atoms with van der Waals surface area (Å²) in [6.07, 6.45) is 0.299. The molecule has 0 saturated carbocycles. The zero-order chi connectivity index (χ0) is 24.0. The van der Waals surface area contributed by atoms with Crippen LogP contribution in [0.25, 0.3) is 0 Å². The number of amides is 3. The summed E-state index contributed by atoms with van der Waals surface area (Å²) >= 11 is 12.3. The molecule has 3 saturated heterocycles. The molecule has 8 nitrogen and oxygen atoms in total. The fourth-order valence-electron chi connectivity index (χ4n) is 5.05. The Morgan fingerprint density at radius 2 is 1.85 bits per heavy atom. The second kappa shape index (κ2) is 9.26. The maximum Gasteiger partial charge on any atom is 0.328 e. The van der Waals surface area contributed by atoms with Crippen LogP contribution in [-0.4, -0.2) is 71.9 Å². The van der Waals surface area contributed by atoms with Gasteiger partial charge in [0.1, 0.15) is 24.2 Å². The second-order valence-corrected chi connectivity index (χ2v) is 9.54. The average Bonchev–Trinajstić information content (AvgIpc) is 3.22. The molecular formula is C24H27Cl2N5O3. The molecule has 3 unspecified atom stereocenters. The zero-order valence-corrected chi connectivity index (χ0v) is 20.6. The van der Waals surface area contributed by atoms with Gasteiger partial charge in [0.15, 0.2) is 0 Å². The van der Waals surface area contributed by atoms with Crippen LogP contribution >= 0.6 is 23.2 Å². The summed E-state index contributed by atoms with van der Waals surface area (Å²) in [7, 11) is 1.73. The van der Waals surface area contributed by atoms with Gasteiger partial charge in [0, 0.05) is 35.9 Å². The van der Waals surface area contributed by atoms with Crippen LogP contribution in [0.1, 0.15) is 18.9 Å². The van der Waals surface area contributed by atoms with Gasteiger partial charge in [0.25, 0.3) is 5.91 Å². The van der Waals surface area contributed by atoms with E-state index in [1.54, 1.807) is 30.1 Å². The quantitative estimate of drug-likeness (QED) is 0.672. The number of rotatable bonds is 5. The topological polar surface area (TPSA) is 68.4 Å². The van der Waals surface area contributed by atoms with Gasteiger partial charge in [0.2, 0.25) is 0 Å². The second-order valence-electron chi connectivity index (χ2n) is 8.70. The van der Waals surface area contributed by atoms with Gasteiger partial charge in [-0.05, 0) is 55.3 Å². The van der Waals surface area contributed by atoms with E-state index in [0.29, 0.717) is 22.2 Å². The molecule has 2 aromatic carbocycles. The van der Waals surface area contributed by atoms with Gasteiger partial charge in [-0.2, -0.15) is 0 Å². The first-order valence-corrected chi connectivity index (χ1v) is 12.2. The third-order valence-corrected chi connectivity index (χ3v) is 7.28. The first-order chi connectivity index (χ1) is 16.4. The Morgan fingerprint density at radius 3 is 2.56 bits per heavy atom. The van der Waals surface area contributed by atoms with Crippen molar-refractivity contribution in [2.24, 2.45) is 0 Å². The number of anilines is 1. The summed E-state index contributed by atoms with van der Waals surface area (Å²) in [5, 5.41) is 4.47. The van der Waals surface area contributed by atoms with Gasteiger partial charge in [-0.25, -0.2) is 4.79 Å². The van der Waals surface area contributed by atoms with Crippen molar-refractivity contribution in [1.29, 1.82) is 0 Å².